The molecule has 0 atom stereocenters. The van der Waals surface area contributed by atoms with Crippen LogP contribution in [0.15, 0.2) is 34.1 Å². The lowest BCUT2D eigenvalue weighted by Gasteiger charge is -2.09. The highest BCUT2D eigenvalue weighted by atomic mass is 32.1. The highest BCUT2D eigenvalue weighted by Crippen LogP contribution is 2.10. The van der Waals surface area contributed by atoms with Crippen LogP contribution >= 0.6 is 12.2 Å². The lowest BCUT2D eigenvalue weighted by molar-refractivity contribution is 0.318. The summed E-state index contributed by atoms with van der Waals surface area (Å²) in [6.07, 6.45) is 4.41. The molecule has 6 heteroatoms. The molecule has 1 aliphatic carbocycles. The Morgan fingerprint density at radius 2 is 2.07 bits per heavy atom. The quantitative estimate of drug-likeness (QED) is 0.295. The highest BCUT2D eigenvalue weighted by Gasteiger charge is 2.16. The van der Waals surface area contributed by atoms with Gasteiger partial charge in [-0.15, -0.1) is 0 Å². The fraction of sp³-hybridized carbons (Fsp3) is 0.125. The van der Waals surface area contributed by atoms with Crippen LogP contribution in [0, 0.1) is 0 Å². The van der Waals surface area contributed by atoms with Crippen molar-refractivity contribution in [2.75, 3.05) is 7.11 Å². The van der Waals surface area contributed by atoms with E-state index >= 15 is 0 Å². The molecule has 2 N–H and O–H groups in total. The Bertz CT molecular complexity index is 369. The van der Waals surface area contributed by atoms with E-state index in [1.807, 2.05) is 0 Å². The summed E-state index contributed by atoms with van der Waals surface area (Å²) in [5, 5.41) is 23.3. The molecule has 0 saturated heterocycles. The first-order valence-corrected chi connectivity index (χ1v) is 4.06. The molecule has 0 radical (unpaired) electrons. The van der Waals surface area contributed by atoms with Crippen LogP contribution in [0.1, 0.15) is 0 Å². The van der Waals surface area contributed by atoms with Crippen LogP contribution < -0.4 is 0 Å². The third-order valence-electron chi connectivity index (χ3n) is 1.61. The maximum absolute atomic E-state index is 8.64. The average molecular weight is 212 g/mol. The molecule has 5 nitrogen and oxygen atoms in total. The second-order valence-corrected chi connectivity index (χ2v) is 2.76. The molecule has 14 heavy (non-hydrogen) atoms. The van der Waals surface area contributed by atoms with Crippen molar-refractivity contribution in [2.45, 2.75) is 0 Å². The van der Waals surface area contributed by atoms with Crippen LogP contribution in [0.4, 0.5) is 0 Å². The highest BCUT2D eigenvalue weighted by molar-refractivity contribution is 7.80. The molecule has 0 bridgehead atoms. The summed E-state index contributed by atoms with van der Waals surface area (Å²) in [6.45, 7) is 0. The first-order valence-electron chi connectivity index (χ1n) is 3.65. The SMILES string of the molecule is COC(=S)C1=CC(=NO)C=CC1=NO. The zero-order valence-electron chi connectivity index (χ0n) is 7.34. The summed E-state index contributed by atoms with van der Waals surface area (Å²) >= 11 is 4.87. The summed E-state index contributed by atoms with van der Waals surface area (Å²) in [7, 11) is 1.41. The van der Waals surface area contributed by atoms with Gasteiger partial charge in [-0.1, -0.05) is 10.3 Å². The molecular weight excluding hydrogens is 204 g/mol. The second-order valence-electron chi connectivity index (χ2n) is 2.39. The number of methoxy groups -OCH3 is 1. The molecule has 0 saturated carbocycles. The molecule has 0 amide bonds. The van der Waals surface area contributed by atoms with Gasteiger partial charge in [-0.2, -0.15) is 0 Å². The molecule has 1 aliphatic rings. The summed E-state index contributed by atoms with van der Waals surface area (Å²) in [5.74, 6) is 0. The number of hydrogen-bond donors (Lipinski definition) is 2. The Kier molecular flexibility index (Phi) is 3.35. The van der Waals surface area contributed by atoms with Gasteiger partial charge in [0.25, 0.3) is 0 Å². The zero-order chi connectivity index (χ0) is 10.6. The molecule has 0 unspecified atom stereocenters. The summed E-state index contributed by atoms with van der Waals surface area (Å²) in [4.78, 5) is 0. The van der Waals surface area contributed by atoms with E-state index in [0.717, 1.165) is 0 Å². The molecule has 0 aromatic heterocycles. The van der Waals surface area contributed by atoms with Crippen molar-refractivity contribution in [3.63, 3.8) is 0 Å². The monoisotopic (exact) mass is 212 g/mol. The van der Waals surface area contributed by atoms with Crippen molar-refractivity contribution < 1.29 is 15.2 Å². The maximum atomic E-state index is 8.64. The topological polar surface area (TPSA) is 74.4 Å². The second kappa shape index (κ2) is 4.52. The normalized spacial score (nSPS) is 21.1. The Hall–Kier alpha value is -1.69. The lowest BCUT2D eigenvalue weighted by Crippen LogP contribution is -2.16. The van der Waals surface area contributed by atoms with E-state index in [4.69, 9.17) is 27.4 Å². The molecule has 0 aliphatic heterocycles. The van der Waals surface area contributed by atoms with Gasteiger partial charge in [0.15, 0.2) is 5.05 Å². The van der Waals surface area contributed by atoms with Gasteiger partial charge in [-0.05, 0) is 30.4 Å². The molecule has 0 heterocycles. The van der Waals surface area contributed by atoms with Gasteiger partial charge in [0.2, 0.25) is 0 Å². The number of thiocarbonyl (C=S) groups is 1. The number of hydrogen-bond acceptors (Lipinski definition) is 6. The molecule has 0 fully saturated rings. The van der Waals surface area contributed by atoms with E-state index in [1.165, 1.54) is 25.3 Å². The van der Waals surface area contributed by atoms with Gasteiger partial charge < -0.3 is 15.2 Å². The predicted octanol–water partition coefficient (Wildman–Crippen LogP) is 1.12. The van der Waals surface area contributed by atoms with Crippen molar-refractivity contribution in [1.82, 2.24) is 0 Å². The van der Waals surface area contributed by atoms with E-state index in [-0.39, 0.29) is 10.8 Å². The Balaban J connectivity index is 3.10. The molecular formula is C8H8N2O3S. The first-order chi connectivity index (χ1) is 6.72. The van der Waals surface area contributed by atoms with Crippen LogP contribution in [-0.2, 0) is 4.74 Å². The Morgan fingerprint density at radius 1 is 1.36 bits per heavy atom. The van der Waals surface area contributed by atoms with E-state index in [2.05, 4.69) is 10.3 Å². The molecule has 0 aromatic rings. The van der Waals surface area contributed by atoms with Crippen molar-refractivity contribution >= 4 is 28.7 Å². The van der Waals surface area contributed by atoms with Crippen molar-refractivity contribution in [2.24, 2.45) is 10.3 Å². The van der Waals surface area contributed by atoms with Crippen molar-refractivity contribution in [3.8, 4) is 0 Å². The van der Waals surface area contributed by atoms with Crippen molar-refractivity contribution in [1.29, 1.82) is 0 Å². The van der Waals surface area contributed by atoms with Gasteiger partial charge in [0, 0.05) is 0 Å². The zero-order valence-corrected chi connectivity index (χ0v) is 8.15. The van der Waals surface area contributed by atoms with Gasteiger partial charge in [0.1, 0.15) is 11.4 Å². The van der Waals surface area contributed by atoms with Crippen LogP contribution in [0.2, 0.25) is 0 Å². The van der Waals surface area contributed by atoms with Crippen LogP contribution in [0.25, 0.3) is 0 Å². The van der Waals surface area contributed by atoms with E-state index in [1.54, 1.807) is 0 Å². The molecule has 0 aromatic carbocycles. The smallest absolute Gasteiger partial charge is 0.193 e. The van der Waals surface area contributed by atoms with Crippen LogP contribution in [-0.4, -0.2) is 34.0 Å². The molecule has 74 valence electrons. The van der Waals surface area contributed by atoms with Crippen molar-refractivity contribution in [3.05, 3.63) is 23.8 Å². The standard InChI is InChI=1S/C8H8N2O3S/c1-13-8(14)6-4-5(9-11)2-3-7(6)10-12/h2-4,11-12H,1H3. The lowest BCUT2D eigenvalue weighted by atomic mass is 10.0. The minimum Gasteiger partial charge on any atom is -0.486 e. The number of rotatable bonds is 1. The fourth-order valence-electron chi connectivity index (χ4n) is 0.947. The summed E-state index contributed by atoms with van der Waals surface area (Å²) in [5.41, 5.74) is 0.983. The number of allylic oxidation sites excluding steroid dienone is 3. The number of oxime groups is 2. The van der Waals surface area contributed by atoms with E-state index < -0.39 is 0 Å². The Morgan fingerprint density at radius 3 is 2.57 bits per heavy atom. The average Bonchev–Trinajstić information content (AvgIpc) is 2.27. The minimum atomic E-state index is 0.170. The van der Waals surface area contributed by atoms with Gasteiger partial charge in [-0.25, -0.2) is 0 Å². The Labute approximate surface area is 85.7 Å². The largest absolute Gasteiger partial charge is 0.486 e. The molecule has 0 spiro atoms. The number of nitrogens with zero attached hydrogens (tertiary/aromatic N) is 2. The van der Waals surface area contributed by atoms with Gasteiger partial charge in [0.05, 0.1) is 12.7 Å². The van der Waals surface area contributed by atoms with Gasteiger partial charge >= 0.3 is 0 Å². The third-order valence-corrected chi connectivity index (χ3v) is 2.00. The van der Waals surface area contributed by atoms with E-state index in [9.17, 15) is 0 Å². The maximum Gasteiger partial charge on any atom is 0.193 e. The summed E-state index contributed by atoms with van der Waals surface area (Å²) < 4.78 is 4.82. The minimum absolute atomic E-state index is 0.170. The van der Waals surface area contributed by atoms with Crippen LogP contribution in [0.5, 0.6) is 0 Å². The third kappa shape index (κ3) is 1.97. The van der Waals surface area contributed by atoms with Crippen LogP contribution in [0.3, 0.4) is 0 Å². The molecule has 1 rings (SSSR count). The summed E-state index contributed by atoms with van der Waals surface area (Å²) in [6, 6.07) is 0. The fourth-order valence-corrected chi connectivity index (χ4v) is 1.11. The van der Waals surface area contributed by atoms with E-state index in [0.29, 0.717) is 11.3 Å². The first kappa shape index (κ1) is 10.4. The predicted molar refractivity (Wildman–Crippen MR) is 55.3 cm³/mol. The van der Waals surface area contributed by atoms with Gasteiger partial charge in [-0.3, -0.25) is 0 Å². The number of ether oxygens (including phenoxy) is 1.